The summed E-state index contributed by atoms with van der Waals surface area (Å²) in [5.74, 6) is 0.0114. The SMILES string of the molecule is O=S(=O)(O)C(F)(F)CC1C2CC3CC(C2)CC1(O)C3. The maximum Gasteiger partial charge on any atom is 0.370 e. The molecular formula is C12H18F2O4S. The lowest BCUT2D eigenvalue weighted by atomic mass is 9.49. The van der Waals surface area contributed by atoms with Crippen LogP contribution in [0.2, 0.25) is 0 Å². The van der Waals surface area contributed by atoms with E-state index in [1.54, 1.807) is 0 Å². The fourth-order valence-corrected chi connectivity index (χ4v) is 5.21. The third kappa shape index (κ3) is 2.10. The van der Waals surface area contributed by atoms with E-state index in [0.29, 0.717) is 24.7 Å². The molecule has 0 saturated heterocycles. The summed E-state index contributed by atoms with van der Waals surface area (Å²) in [6.07, 6.45) is 2.67. The Morgan fingerprint density at radius 3 is 2.11 bits per heavy atom. The Hall–Kier alpha value is -0.270. The summed E-state index contributed by atoms with van der Waals surface area (Å²) in [6.45, 7) is 0. The largest absolute Gasteiger partial charge is 0.390 e. The molecule has 3 unspecified atom stereocenters. The van der Waals surface area contributed by atoms with Crippen LogP contribution in [0.3, 0.4) is 0 Å². The first kappa shape index (κ1) is 13.7. The van der Waals surface area contributed by atoms with Crippen LogP contribution in [0.15, 0.2) is 0 Å². The average Bonchev–Trinajstić information content (AvgIpc) is 2.20. The average molecular weight is 296 g/mol. The highest BCUT2D eigenvalue weighted by Gasteiger charge is 2.60. The Kier molecular flexibility index (Phi) is 2.80. The molecule has 4 rings (SSSR count). The highest BCUT2D eigenvalue weighted by Crippen LogP contribution is 2.60. The lowest BCUT2D eigenvalue weighted by Gasteiger charge is -2.59. The van der Waals surface area contributed by atoms with Gasteiger partial charge in [-0.25, -0.2) is 0 Å². The van der Waals surface area contributed by atoms with Gasteiger partial charge in [-0.15, -0.1) is 0 Å². The fraction of sp³-hybridized carbons (Fsp3) is 1.00. The smallest absolute Gasteiger partial charge is 0.370 e. The first-order chi connectivity index (χ1) is 8.61. The molecule has 2 N–H and O–H groups in total. The quantitative estimate of drug-likeness (QED) is 0.782. The lowest BCUT2D eigenvalue weighted by Crippen LogP contribution is -2.58. The van der Waals surface area contributed by atoms with Crippen LogP contribution in [0.4, 0.5) is 8.78 Å². The van der Waals surface area contributed by atoms with Gasteiger partial charge in [0.15, 0.2) is 0 Å². The van der Waals surface area contributed by atoms with E-state index >= 15 is 0 Å². The van der Waals surface area contributed by atoms with E-state index in [1.807, 2.05) is 0 Å². The molecular weight excluding hydrogens is 278 g/mol. The monoisotopic (exact) mass is 296 g/mol. The zero-order chi connectivity index (χ0) is 14.1. The van der Waals surface area contributed by atoms with Gasteiger partial charge in [0.2, 0.25) is 0 Å². The molecule has 4 aliphatic rings. The first-order valence-electron chi connectivity index (χ1n) is 6.68. The zero-order valence-electron chi connectivity index (χ0n) is 10.4. The Morgan fingerprint density at radius 1 is 1.16 bits per heavy atom. The highest BCUT2D eigenvalue weighted by atomic mass is 32.2. The standard InChI is InChI=1S/C12H18F2O4S/c13-12(14,19(16,17)18)6-10-9-2-7-1-8(3-9)5-11(10,15)4-7/h7-10,15H,1-6H2,(H,16,17,18). The second-order valence-electron chi connectivity index (χ2n) is 6.63. The Morgan fingerprint density at radius 2 is 1.68 bits per heavy atom. The maximum absolute atomic E-state index is 13.6. The summed E-state index contributed by atoms with van der Waals surface area (Å²) in [4.78, 5) is 0. The highest BCUT2D eigenvalue weighted by molar-refractivity contribution is 7.86. The van der Waals surface area contributed by atoms with Crippen LogP contribution in [-0.4, -0.2) is 28.9 Å². The molecule has 0 aromatic rings. The summed E-state index contributed by atoms with van der Waals surface area (Å²) in [7, 11) is -5.41. The molecule has 4 fully saturated rings. The van der Waals surface area contributed by atoms with Crippen molar-refractivity contribution in [3.8, 4) is 0 Å². The van der Waals surface area contributed by atoms with Crippen molar-refractivity contribution in [3.63, 3.8) is 0 Å². The van der Waals surface area contributed by atoms with Crippen molar-refractivity contribution in [2.45, 2.75) is 49.4 Å². The van der Waals surface area contributed by atoms with Gasteiger partial charge in [-0.2, -0.15) is 17.2 Å². The molecule has 4 nitrogen and oxygen atoms in total. The topological polar surface area (TPSA) is 74.6 Å². The van der Waals surface area contributed by atoms with Crippen molar-refractivity contribution in [2.24, 2.45) is 23.7 Å². The normalized spacial score (nSPS) is 45.7. The second kappa shape index (κ2) is 3.89. The van der Waals surface area contributed by atoms with Crippen molar-refractivity contribution in [3.05, 3.63) is 0 Å². The summed E-state index contributed by atoms with van der Waals surface area (Å²) in [5.41, 5.74) is -1.16. The molecule has 4 aliphatic carbocycles. The first-order valence-corrected chi connectivity index (χ1v) is 8.12. The van der Waals surface area contributed by atoms with Gasteiger partial charge in [0.25, 0.3) is 0 Å². The van der Waals surface area contributed by atoms with Gasteiger partial charge in [-0.1, -0.05) is 0 Å². The number of rotatable bonds is 3. The van der Waals surface area contributed by atoms with Gasteiger partial charge >= 0.3 is 15.4 Å². The summed E-state index contributed by atoms with van der Waals surface area (Å²) in [5, 5.41) is 6.42. The molecule has 0 heterocycles. The molecule has 0 spiro atoms. The Balaban J connectivity index is 1.86. The minimum Gasteiger partial charge on any atom is -0.390 e. The summed E-state index contributed by atoms with van der Waals surface area (Å²) >= 11 is 0. The van der Waals surface area contributed by atoms with Gasteiger partial charge < -0.3 is 5.11 Å². The number of halogens is 2. The number of hydrogen-bond donors (Lipinski definition) is 2. The lowest BCUT2D eigenvalue weighted by molar-refractivity contribution is -0.185. The van der Waals surface area contributed by atoms with E-state index in [1.165, 1.54) is 0 Å². The Labute approximate surface area is 110 Å². The van der Waals surface area contributed by atoms with Crippen molar-refractivity contribution < 1.29 is 26.9 Å². The van der Waals surface area contributed by atoms with Crippen molar-refractivity contribution in [1.82, 2.24) is 0 Å². The molecule has 0 aliphatic heterocycles. The molecule has 0 amide bonds. The molecule has 110 valence electrons. The van der Waals surface area contributed by atoms with Crippen LogP contribution < -0.4 is 0 Å². The Bertz CT molecular complexity index is 476. The molecule has 0 radical (unpaired) electrons. The van der Waals surface area contributed by atoms with Crippen LogP contribution in [0, 0.1) is 23.7 Å². The molecule has 0 aromatic carbocycles. The van der Waals surface area contributed by atoms with Crippen LogP contribution in [0.1, 0.15) is 38.5 Å². The third-order valence-electron chi connectivity index (χ3n) is 5.32. The minimum absolute atomic E-state index is 0.0381. The fourth-order valence-electron chi connectivity index (χ4n) is 4.82. The van der Waals surface area contributed by atoms with Crippen LogP contribution in [-0.2, 0) is 10.1 Å². The summed E-state index contributed by atoms with van der Waals surface area (Å²) in [6, 6.07) is 0. The van der Waals surface area contributed by atoms with Gasteiger partial charge in [0, 0.05) is 6.42 Å². The van der Waals surface area contributed by atoms with Crippen molar-refractivity contribution in [1.29, 1.82) is 0 Å². The predicted molar refractivity (Wildman–Crippen MR) is 63.1 cm³/mol. The van der Waals surface area contributed by atoms with Crippen LogP contribution >= 0.6 is 0 Å². The third-order valence-corrected chi connectivity index (χ3v) is 6.24. The van der Waals surface area contributed by atoms with E-state index in [-0.39, 0.29) is 5.92 Å². The zero-order valence-corrected chi connectivity index (χ0v) is 11.2. The number of alkyl halides is 2. The van der Waals surface area contributed by atoms with Crippen LogP contribution in [0.25, 0.3) is 0 Å². The van der Waals surface area contributed by atoms with Crippen molar-refractivity contribution in [2.75, 3.05) is 0 Å². The molecule has 19 heavy (non-hydrogen) atoms. The van der Waals surface area contributed by atoms with Gasteiger partial charge in [0.1, 0.15) is 0 Å². The maximum atomic E-state index is 13.6. The molecule has 0 aromatic heterocycles. The van der Waals surface area contributed by atoms with Crippen LogP contribution in [0.5, 0.6) is 0 Å². The van der Waals surface area contributed by atoms with Gasteiger partial charge in [-0.05, 0) is 55.8 Å². The van der Waals surface area contributed by atoms with Gasteiger partial charge in [0.05, 0.1) is 5.60 Å². The van der Waals surface area contributed by atoms with E-state index in [4.69, 9.17) is 4.55 Å². The number of hydrogen-bond acceptors (Lipinski definition) is 3. The molecule has 3 atom stereocenters. The van der Waals surface area contributed by atoms with Crippen molar-refractivity contribution >= 4 is 10.1 Å². The van der Waals surface area contributed by atoms with E-state index < -0.39 is 33.3 Å². The molecule has 7 heteroatoms. The summed E-state index contributed by atoms with van der Waals surface area (Å²) < 4.78 is 57.2. The number of aliphatic hydroxyl groups is 1. The van der Waals surface area contributed by atoms with E-state index in [2.05, 4.69) is 0 Å². The molecule has 4 saturated carbocycles. The minimum atomic E-state index is -5.41. The molecule has 4 bridgehead atoms. The predicted octanol–water partition coefficient (Wildman–Crippen LogP) is 2.04. The van der Waals surface area contributed by atoms with E-state index in [0.717, 1.165) is 19.3 Å². The van der Waals surface area contributed by atoms with E-state index in [9.17, 15) is 22.3 Å². The second-order valence-corrected chi connectivity index (χ2v) is 8.18. The van der Waals surface area contributed by atoms with Gasteiger partial charge in [-0.3, -0.25) is 4.55 Å².